The molecule has 1 N–H and O–H groups in total. The van der Waals surface area contributed by atoms with Crippen molar-refractivity contribution in [2.45, 2.75) is 13.3 Å². The molecule has 2 aromatic carbocycles. The first kappa shape index (κ1) is 17.0. The standard InChI is InChI=1S/C18H16ClN3O3/c1-11-5-3-4-6-13(11)18-21-16(22-25-18)10-17(23)20-14-9-12(19)7-8-15(14)24-2/h3-9H,10H2,1-2H3,(H,20,23). The molecule has 1 aromatic heterocycles. The maximum atomic E-state index is 12.2. The van der Waals surface area contributed by atoms with Gasteiger partial charge in [0.2, 0.25) is 5.91 Å². The highest BCUT2D eigenvalue weighted by Crippen LogP contribution is 2.28. The Hall–Kier alpha value is -2.86. The van der Waals surface area contributed by atoms with Gasteiger partial charge in [0.05, 0.1) is 19.2 Å². The second-order valence-corrected chi connectivity index (χ2v) is 5.84. The zero-order valence-electron chi connectivity index (χ0n) is 13.7. The summed E-state index contributed by atoms with van der Waals surface area (Å²) in [5, 5.41) is 7.11. The molecule has 0 fully saturated rings. The molecule has 0 unspecified atom stereocenters. The molecule has 1 heterocycles. The number of amides is 1. The molecular formula is C18H16ClN3O3. The van der Waals surface area contributed by atoms with E-state index in [1.165, 1.54) is 7.11 Å². The maximum absolute atomic E-state index is 12.2. The lowest BCUT2D eigenvalue weighted by atomic mass is 10.1. The maximum Gasteiger partial charge on any atom is 0.258 e. The fourth-order valence-electron chi connectivity index (χ4n) is 2.36. The van der Waals surface area contributed by atoms with Gasteiger partial charge in [0, 0.05) is 10.6 Å². The van der Waals surface area contributed by atoms with Gasteiger partial charge in [0.25, 0.3) is 5.89 Å². The number of nitrogens with zero attached hydrogens (tertiary/aromatic N) is 2. The van der Waals surface area contributed by atoms with Crippen molar-refractivity contribution in [3.05, 3.63) is 58.9 Å². The smallest absolute Gasteiger partial charge is 0.258 e. The van der Waals surface area contributed by atoms with Gasteiger partial charge in [-0.05, 0) is 36.8 Å². The van der Waals surface area contributed by atoms with Crippen LogP contribution in [0.15, 0.2) is 47.0 Å². The third-order valence-corrected chi connectivity index (χ3v) is 3.83. The fourth-order valence-corrected chi connectivity index (χ4v) is 2.54. The summed E-state index contributed by atoms with van der Waals surface area (Å²) >= 11 is 5.96. The number of benzene rings is 2. The van der Waals surface area contributed by atoms with Gasteiger partial charge in [-0.1, -0.05) is 35.0 Å². The topological polar surface area (TPSA) is 77.2 Å². The summed E-state index contributed by atoms with van der Waals surface area (Å²) in [6, 6.07) is 12.7. The zero-order valence-corrected chi connectivity index (χ0v) is 14.5. The number of methoxy groups -OCH3 is 1. The molecule has 6 nitrogen and oxygen atoms in total. The van der Waals surface area contributed by atoms with Crippen molar-refractivity contribution >= 4 is 23.2 Å². The average molecular weight is 358 g/mol. The lowest BCUT2D eigenvalue weighted by Gasteiger charge is -2.09. The molecule has 128 valence electrons. The van der Waals surface area contributed by atoms with E-state index >= 15 is 0 Å². The zero-order chi connectivity index (χ0) is 17.8. The monoisotopic (exact) mass is 357 g/mol. The molecule has 0 aliphatic carbocycles. The van der Waals surface area contributed by atoms with E-state index in [0.717, 1.165) is 11.1 Å². The molecule has 3 aromatic rings. The summed E-state index contributed by atoms with van der Waals surface area (Å²) in [4.78, 5) is 16.5. The van der Waals surface area contributed by atoms with Crippen LogP contribution in [0.2, 0.25) is 5.02 Å². The number of ether oxygens (including phenoxy) is 1. The Morgan fingerprint density at radius 3 is 2.84 bits per heavy atom. The predicted octanol–water partition coefficient (Wildman–Crippen LogP) is 3.89. The highest BCUT2D eigenvalue weighted by Gasteiger charge is 2.15. The molecular weight excluding hydrogens is 342 g/mol. The van der Waals surface area contributed by atoms with Gasteiger partial charge in [-0.2, -0.15) is 4.98 Å². The van der Waals surface area contributed by atoms with Gasteiger partial charge in [0.15, 0.2) is 5.82 Å². The molecule has 0 aliphatic rings. The van der Waals surface area contributed by atoms with Crippen molar-refractivity contribution in [2.24, 2.45) is 0 Å². The van der Waals surface area contributed by atoms with Crippen LogP contribution < -0.4 is 10.1 Å². The number of aryl methyl sites for hydroxylation is 1. The number of hydrogen-bond donors (Lipinski definition) is 1. The molecule has 0 atom stereocenters. The second-order valence-electron chi connectivity index (χ2n) is 5.40. The molecule has 0 saturated carbocycles. The number of aromatic nitrogens is 2. The molecule has 0 aliphatic heterocycles. The number of nitrogens with one attached hydrogen (secondary N) is 1. The van der Waals surface area contributed by atoms with Crippen LogP contribution in [0.5, 0.6) is 5.75 Å². The molecule has 0 saturated heterocycles. The Balaban J connectivity index is 1.72. The van der Waals surface area contributed by atoms with Crippen molar-refractivity contribution in [3.63, 3.8) is 0 Å². The first-order valence-electron chi connectivity index (χ1n) is 7.59. The Morgan fingerprint density at radius 2 is 2.08 bits per heavy atom. The molecule has 1 amide bonds. The number of carbonyl (C=O) groups excluding carboxylic acids is 1. The van der Waals surface area contributed by atoms with Gasteiger partial charge in [-0.25, -0.2) is 0 Å². The normalized spacial score (nSPS) is 10.5. The lowest BCUT2D eigenvalue weighted by molar-refractivity contribution is -0.115. The van der Waals surface area contributed by atoms with E-state index < -0.39 is 0 Å². The number of rotatable bonds is 5. The van der Waals surface area contributed by atoms with Crippen molar-refractivity contribution in [2.75, 3.05) is 12.4 Å². The second kappa shape index (κ2) is 7.36. The van der Waals surface area contributed by atoms with E-state index in [-0.39, 0.29) is 12.3 Å². The Labute approximate surface area is 149 Å². The minimum atomic E-state index is -0.294. The molecule has 3 rings (SSSR count). The third-order valence-electron chi connectivity index (χ3n) is 3.60. The van der Waals surface area contributed by atoms with Crippen LogP contribution in [0.1, 0.15) is 11.4 Å². The summed E-state index contributed by atoms with van der Waals surface area (Å²) in [6.07, 6.45) is -0.0228. The highest BCUT2D eigenvalue weighted by atomic mass is 35.5. The van der Waals surface area contributed by atoms with E-state index in [9.17, 15) is 4.79 Å². The first-order valence-corrected chi connectivity index (χ1v) is 7.96. The lowest BCUT2D eigenvalue weighted by Crippen LogP contribution is -2.15. The van der Waals surface area contributed by atoms with E-state index in [2.05, 4.69) is 15.5 Å². The molecule has 0 bridgehead atoms. The van der Waals surface area contributed by atoms with Crippen LogP contribution in [-0.2, 0) is 11.2 Å². The van der Waals surface area contributed by atoms with Gasteiger partial charge in [0.1, 0.15) is 5.75 Å². The quantitative estimate of drug-likeness (QED) is 0.749. The Bertz CT molecular complexity index is 908. The van der Waals surface area contributed by atoms with E-state index in [1.807, 2.05) is 31.2 Å². The summed E-state index contributed by atoms with van der Waals surface area (Å²) in [7, 11) is 1.52. The van der Waals surface area contributed by atoms with Crippen molar-refractivity contribution < 1.29 is 14.1 Å². The van der Waals surface area contributed by atoms with Crippen molar-refractivity contribution in [1.82, 2.24) is 10.1 Å². The van der Waals surface area contributed by atoms with Crippen LogP contribution in [0.3, 0.4) is 0 Å². The first-order chi connectivity index (χ1) is 12.1. The summed E-state index contributed by atoms with van der Waals surface area (Å²) in [5.41, 5.74) is 2.35. The number of halogens is 1. The van der Waals surface area contributed by atoms with Crippen LogP contribution >= 0.6 is 11.6 Å². The van der Waals surface area contributed by atoms with Crippen LogP contribution in [-0.4, -0.2) is 23.2 Å². The number of anilines is 1. The molecule has 25 heavy (non-hydrogen) atoms. The summed E-state index contributed by atoms with van der Waals surface area (Å²) in [6.45, 7) is 1.96. The largest absolute Gasteiger partial charge is 0.495 e. The van der Waals surface area contributed by atoms with E-state index in [1.54, 1.807) is 18.2 Å². The van der Waals surface area contributed by atoms with Crippen molar-refractivity contribution in [3.8, 4) is 17.2 Å². The Kier molecular flexibility index (Phi) is 5.00. The van der Waals surface area contributed by atoms with Crippen LogP contribution in [0, 0.1) is 6.92 Å². The van der Waals surface area contributed by atoms with Gasteiger partial charge in [-0.15, -0.1) is 0 Å². The molecule has 0 spiro atoms. The third kappa shape index (κ3) is 3.97. The van der Waals surface area contributed by atoms with Crippen LogP contribution in [0.4, 0.5) is 5.69 Å². The predicted molar refractivity (Wildman–Crippen MR) is 94.8 cm³/mol. The summed E-state index contributed by atoms with van der Waals surface area (Å²) < 4.78 is 10.5. The van der Waals surface area contributed by atoms with Crippen LogP contribution in [0.25, 0.3) is 11.5 Å². The highest BCUT2D eigenvalue weighted by molar-refractivity contribution is 6.31. The van der Waals surface area contributed by atoms with Gasteiger partial charge < -0.3 is 14.6 Å². The van der Waals surface area contributed by atoms with Crippen molar-refractivity contribution in [1.29, 1.82) is 0 Å². The SMILES string of the molecule is COc1ccc(Cl)cc1NC(=O)Cc1noc(-c2ccccc2C)n1. The molecule has 7 heteroatoms. The minimum Gasteiger partial charge on any atom is -0.495 e. The average Bonchev–Trinajstić information content (AvgIpc) is 3.03. The number of carbonyl (C=O) groups is 1. The van der Waals surface area contributed by atoms with E-state index in [4.69, 9.17) is 20.9 Å². The fraction of sp³-hybridized carbons (Fsp3) is 0.167. The van der Waals surface area contributed by atoms with E-state index in [0.29, 0.717) is 28.2 Å². The number of hydrogen-bond acceptors (Lipinski definition) is 5. The minimum absolute atomic E-state index is 0.0228. The van der Waals surface area contributed by atoms with Gasteiger partial charge in [-0.3, -0.25) is 4.79 Å². The summed E-state index contributed by atoms with van der Waals surface area (Å²) in [5.74, 6) is 0.919. The Morgan fingerprint density at radius 1 is 1.28 bits per heavy atom. The molecule has 0 radical (unpaired) electrons. The van der Waals surface area contributed by atoms with Gasteiger partial charge >= 0.3 is 0 Å².